The molecule has 2 aliphatic rings. The van der Waals surface area contributed by atoms with E-state index in [9.17, 15) is 0 Å². The number of hydrogen-bond acceptors (Lipinski definition) is 4. The molecule has 1 fully saturated rings. The van der Waals surface area contributed by atoms with E-state index >= 15 is 0 Å². The van der Waals surface area contributed by atoms with Crippen LogP contribution in [-0.4, -0.2) is 10.8 Å². The van der Waals surface area contributed by atoms with Crippen LogP contribution in [0.4, 0.5) is 0 Å². The minimum Gasteiger partial charge on any atom is -0.454 e. The smallest absolute Gasteiger partial charge is 0.273 e. The second-order valence-electron chi connectivity index (χ2n) is 4.77. The molecule has 0 aliphatic carbocycles. The van der Waals surface area contributed by atoms with E-state index in [-0.39, 0.29) is 0 Å². The van der Waals surface area contributed by atoms with Gasteiger partial charge >= 0.3 is 0 Å². The first kappa shape index (κ1) is 9.39. The number of pyridine rings is 1. The van der Waals surface area contributed by atoms with Crippen LogP contribution in [0.3, 0.4) is 0 Å². The summed E-state index contributed by atoms with van der Waals surface area (Å²) >= 11 is 0. The lowest BCUT2D eigenvalue weighted by Crippen LogP contribution is -2.60. The summed E-state index contributed by atoms with van der Waals surface area (Å²) in [5.74, 6) is 0.0341. The molecule has 4 heteroatoms. The van der Waals surface area contributed by atoms with Crippen LogP contribution >= 0.6 is 0 Å². The molecule has 1 aromatic carbocycles. The van der Waals surface area contributed by atoms with Crippen LogP contribution in [0.2, 0.25) is 0 Å². The Morgan fingerprint density at radius 3 is 2.76 bits per heavy atom. The topological polar surface area (TPSA) is 40.6 Å². The maximum Gasteiger partial charge on any atom is 0.273 e. The van der Waals surface area contributed by atoms with E-state index in [1.807, 2.05) is 38.1 Å². The quantitative estimate of drug-likeness (QED) is 0.651. The first-order valence-electron chi connectivity index (χ1n) is 5.58. The standard InChI is InChI=1S/C13H11NO3/c1-12-9-6-5-8-4-3-7-14-10(8)11(9)15-13(12,2)17-16-12/h3-7H,1-2H3. The van der Waals surface area contributed by atoms with Gasteiger partial charge in [0.2, 0.25) is 0 Å². The van der Waals surface area contributed by atoms with Crippen LogP contribution in [0.5, 0.6) is 5.75 Å². The van der Waals surface area contributed by atoms with Gasteiger partial charge in [-0.25, -0.2) is 4.89 Å². The Hall–Kier alpha value is -1.65. The van der Waals surface area contributed by atoms with Gasteiger partial charge in [-0.2, -0.15) is 4.89 Å². The predicted octanol–water partition coefficient (Wildman–Crippen LogP) is 2.52. The van der Waals surface area contributed by atoms with Crippen LogP contribution in [0, 0.1) is 0 Å². The molecule has 0 saturated carbocycles. The summed E-state index contributed by atoms with van der Waals surface area (Å²) in [6, 6.07) is 7.98. The largest absolute Gasteiger partial charge is 0.454 e. The van der Waals surface area contributed by atoms with Crippen molar-refractivity contribution >= 4 is 10.9 Å². The van der Waals surface area contributed by atoms with E-state index in [0.29, 0.717) is 0 Å². The van der Waals surface area contributed by atoms with E-state index in [4.69, 9.17) is 14.5 Å². The number of hydrogen-bond donors (Lipinski definition) is 0. The maximum absolute atomic E-state index is 5.90. The van der Waals surface area contributed by atoms with E-state index in [0.717, 1.165) is 22.2 Å². The summed E-state index contributed by atoms with van der Waals surface area (Å²) in [5.41, 5.74) is 1.32. The van der Waals surface area contributed by atoms with Gasteiger partial charge in [0.15, 0.2) is 11.4 Å². The molecule has 86 valence electrons. The number of benzene rings is 1. The molecule has 0 bridgehead atoms. The SMILES string of the molecule is CC12OOC1(C)c1ccc3cccnc3c1O2. The summed E-state index contributed by atoms with van der Waals surface area (Å²) in [6.45, 7) is 3.85. The molecule has 2 aliphatic heterocycles. The average Bonchev–Trinajstić information content (AvgIpc) is 2.50. The Bertz CT molecular complexity index is 642. The van der Waals surface area contributed by atoms with Gasteiger partial charge in [-0.15, -0.1) is 0 Å². The van der Waals surface area contributed by atoms with Crippen molar-refractivity contribution in [3.8, 4) is 5.75 Å². The molecule has 3 heterocycles. The Morgan fingerprint density at radius 2 is 2.00 bits per heavy atom. The molecule has 17 heavy (non-hydrogen) atoms. The van der Waals surface area contributed by atoms with Crippen LogP contribution < -0.4 is 4.74 Å². The average molecular weight is 229 g/mol. The highest BCUT2D eigenvalue weighted by Gasteiger charge is 2.67. The number of fused-ring (bicyclic) bond motifs is 5. The maximum atomic E-state index is 5.90. The van der Waals surface area contributed by atoms with Crippen molar-refractivity contribution in [3.05, 3.63) is 36.0 Å². The molecule has 4 rings (SSSR count). The fraction of sp³-hybridized carbons (Fsp3) is 0.308. The molecule has 0 amide bonds. The minimum atomic E-state index is -0.735. The number of aromatic nitrogens is 1. The van der Waals surface area contributed by atoms with Gasteiger partial charge in [-0.05, 0) is 13.0 Å². The fourth-order valence-corrected chi connectivity index (χ4v) is 2.48. The van der Waals surface area contributed by atoms with Crippen molar-refractivity contribution in [1.82, 2.24) is 4.98 Å². The van der Waals surface area contributed by atoms with E-state index < -0.39 is 11.4 Å². The second-order valence-corrected chi connectivity index (χ2v) is 4.77. The van der Waals surface area contributed by atoms with Crippen LogP contribution in [0.25, 0.3) is 10.9 Å². The molecule has 0 spiro atoms. The molecule has 4 nitrogen and oxygen atoms in total. The highest BCUT2D eigenvalue weighted by molar-refractivity contribution is 5.87. The van der Waals surface area contributed by atoms with Crippen molar-refractivity contribution in [2.75, 3.05) is 0 Å². The molecule has 0 N–H and O–H groups in total. The predicted molar refractivity (Wildman–Crippen MR) is 60.3 cm³/mol. The first-order valence-corrected chi connectivity index (χ1v) is 5.58. The summed E-state index contributed by atoms with van der Waals surface area (Å²) in [6.07, 6.45) is 1.76. The summed E-state index contributed by atoms with van der Waals surface area (Å²) in [7, 11) is 0. The third-order valence-corrected chi connectivity index (χ3v) is 3.77. The molecular weight excluding hydrogens is 218 g/mol. The summed E-state index contributed by atoms with van der Waals surface area (Å²) in [4.78, 5) is 14.8. The van der Waals surface area contributed by atoms with Crippen LogP contribution in [0.15, 0.2) is 30.5 Å². The van der Waals surface area contributed by atoms with Crippen molar-refractivity contribution < 1.29 is 14.5 Å². The minimum absolute atomic E-state index is 0.534. The first-order chi connectivity index (χ1) is 8.14. The van der Waals surface area contributed by atoms with Gasteiger partial charge in [-0.3, -0.25) is 4.98 Å². The van der Waals surface area contributed by atoms with Gasteiger partial charge in [0.1, 0.15) is 5.52 Å². The van der Waals surface area contributed by atoms with Crippen LogP contribution in [-0.2, 0) is 15.4 Å². The van der Waals surface area contributed by atoms with Crippen molar-refractivity contribution in [2.45, 2.75) is 25.2 Å². The molecule has 0 radical (unpaired) electrons. The third kappa shape index (κ3) is 0.899. The van der Waals surface area contributed by atoms with Crippen LogP contribution in [0.1, 0.15) is 19.4 Å². The summed E-state index contributed by atoms with van der Waals surface area (Å²) in [5, 5.41) is 1.06. The van der Waals surface area contributed by atoms with Gasteiger partial charge in [0, 0.05) is 24.1 Å². The Labute approximate surface area is 98.1 Å². The van der Waals surface area contributed by atoms with Crippen molar-refractivity contribution in [2.24, 2.45) is 0 Å². The zero-order valence-corrected chi connectivity index (χ0v) is 9.56. The van der Waals surface area contributed by atoms with E-state index in [2.05, 4.69) is 4.98 Å². The van der Waals surface area contributed by atoms with E-state index in [1.54, 1.807) is 6.20 Å². The number of nitrogens with zero attached hydrogens (tertiary/aromatic N) is 1. The van der Waals surface area contributed by atoms with Gasteiger partial charge in [0.25, 0.3) is 5.79 Å². The fourth-order valence-electron chi connectivity index (χ4n) is 2.48. The van der Waals surface area contributed by atoms with Gasteiger partial charge < -0.3 is 4.74 Å². The lowest BCUT2D eigenvalue weighted by atomic mass is 9.88. The Kier molecular flexibility index (Phi) is 1.44. The molecule has 2 aromatic rings. The lowest BCUT2D eigenvalue weighted by Gasteiger charge is -2.45. The Balaban J connectivity index is 2.07. The monoisotopic (exact) mass is 229 g/mol. The van der Waals surface area contributed by atoms with Gasteiger partial charge in [-0.1, -0.05) is 18.2 Å². The zero-order chi connectivity index (χ0) is 11.7. The van der Waals surface area contributed by atoms with Crippen molar-refractivity contribution in [3.63, 3.8) is 0 Å². The molecule has 1 saturated heterocycles. The second kappa shape index (κ2) is 2.60. The number of rotatable bonds is 0. The number of ether oxygens (including phenoxy) is 1. The molecule has 2 unspecified atom stereocenters. The van der Waals surface area contributed by atoms with E-state index in [1.165, 1.54) is 0 Å². The third-order valence-electron chi connectivity index (χ3n) is 3.77. The highest BCUT2D eigenvalue weighted by Crippen LogP contribution is 2.58. The zero-order valence-electron chi connectivity index (χ0n) is 9.56. The van der Waals surface area contributed by atoms with Crippen molar-refractivity contribution in [1.29, 1.82) is 0 Å². The normalized spacial score (nSPS) is 33.8. The highest BCUT2D eigenvalue weighted by atomic mass is 17.3. The summed E-state index contributed by atoms with van der Waals surface area (Å²) < 4.78 is 5.90. The van der Waals surface area contributed by atoms with Gasteiger partial charge in [0.05, 0.1) is 0 Å². The molecule has 2 atom stereocenters. The Morgan fingerprint density at radius 1 is 1.12 bits per heavy atom. The molecule has 1 aromatic heterocycles. The lowest BCUT2D eigenvalue weighted by molar-refractivity contribution is -0.587. The molecular formula is C13H11NO3.